The Morgan fingerprint density at radius 2 is 1.77 bits per heavy atom. The zero-order chi connectivity index (χ0) is 20.9. The molecule has 1 amide bonds. The Morgan fingerprint density at radius 1 is 0.968 bits per heavy atom. The Balaban J connectivity index is 1.33. The topological polar surface area (TPSA) is 64.4 Å². The lowest BCUT2D eigenvalue weighted by molar-refractivity contribution is 0.0252. The van der Waals surface area contributed by atoms with E-state index in [9.17, 15) is 9.59 Å². The van der Waals surface area contributed by atoms with Gasteiger partial charge >= 0.3 is 5.97 Å². The van der Waals surface area contributed by atoms with E-state index < -0.39 is 0 Å². The van der Waals surface area contributed by atoms with Crippen LogP contribution in [0.4, 0.5) is 5.95 Å². The van der Waals surface area contributed by atoms with E-state index in [1.54, 1.807) is 17.0 Å². The van der Waals surface area contributed by atoms with Crippen LogP contribution in [0.15, 0.2) is 72.8 Å². The number of hydrogen-bond acceptors (Lipinski definition) is 4. The molecular weight excluding hydrogens is 390 g/mol. The summed E-state index contributed by atoms with van der Waals surface area (Å²) in [6, 6.07) is 22.8. The molecule has 1 aromatic heterocycles. The van der Waals surface area contributed by atoms with Crippen LogP contribution >= 0.6 is 0 Å². The molecule has 152 valence electrons. The number of carbonyl (C=O) groups is 2. The van der Waals surface area contributed by atoms with E-state index in [1.165, 1.54) is 0 Å². The number of anilines is 1. The molecule has 2 aliphatic rings. The molecule has 1 atom stereocenters. The fraction of sp³-hybridized carbons (Fsp3) is 0.160. The highest BCUT2D eigenvalue weighted by Crippen LogP contribution is 2.32. The van der Waals surface area contributed by atoms with Crippen molar-refractivity contribution < 1.29 is 14.3 Å². The van der Waals surface area contributed by atoms with Gasteiger partial charge in [-0.3, -0.25) is 9.69 Å². The summed E-state index contributed by atoms with van der Waals surface area (Å²) in [7, 11) is 0. The number of carbonyl (C=O) groups excluding carboxylic acids is 2. The molecule has 4 aromatic rings. The summed E-state index contributed by atoms with van der Waals surface area (Å²) >= 11 is 0. The van der Waals surface area contributed by atoms with E-state index >= 15 is 0 Å². The van der Waals surface area contributed by atoms with Crippen molar-refractivity contribution in [1.82, 2.24) is 9.55 Å². The predicted molar refractivity (Wildman–Crippen MR) is 116 cm³/mol. The molecule has 0 bridgehead atoms. The first-order chi connectivity index (χ1) is 15.2. The van der Waals surface area contributed by atoms with E-state index in [0.717, 1.165) is 28.7 Å². The van der Waals surface area contributed by atoms with Crippen LogP contribution in [-0.2, 0) is 17.7 Å². The molecule has 0 spiro atoms. The van der Waals surface area contributed by atoms with Crippen molar-refractivity contribution in [3.05, 3.63) is 95.1 Å². The number of rotatable bonds is 2. The van der Waals surface area contributed by atoms with Crippen molar-refractivity contribution in [3.63, 3.8) is 0 Å². The average Bonchev–Trinajstić information content (AvgIpc) is 3.38. The quantitative estimate of drug-likeness (QED) is 0.467. The van der Waals surface area contributed by atoms with Crippen LogP contribution in [0.5, 0.6) is 0 Å². The smallest absolute Gasteiger partial charge is 0.339 e. The number of imidazole rings is 1. The van der Waals surface area contributed by atoms with Gasteiger partial charge in [0.25, 0.3) is 5.91 Å². The van der Waals surface area contributed by atoms with Crippen LogP contribution in [0, 0.1) is 0 Å². The molecule has 0 aliphatic carbocycles. The third-order valence-electron chi connectivity index (χ3n) is 6.07. The van der Waals surface area contributed by atoms with Gasteiger partial charge in [0.1, 0.15) is 6.10 Å². The van der Waals surface area contributed by atoms with E-state index in [2.05, 4.69) is 9.55 Å². The molecule has 3 aromatic carbocycles. The highest BCUT2D eigenvalue weighted by atomic mass is 16.5. The molecule has 0 fully saturated rings. The van der Waals surface area contributed by atoms with Crippen LogP contribution in [-0.4, -0.2) is 28.0 Å². The minimum Gasteiger partial charge on any atom is -0.454 e. The number of hydrogen-bond donors (Lipinski definition) is 0. The molecule has 3 heterocycles. The predicted octanol–water partition coefficient (Wildman–Crippen LogP) is 4.15. The number of ether oxygens (including phenoxy) is 1. The second-order valence-electron chi connectivity index (χ2n) is 7.89. The summed E-state index contributed by atoms with van der Waals surface area (Å²) in [5.74, 6) is 0.217. The summed E-state index contributed by atoms with van der Waals surface area (Å²) in [5, 5.41) is 0. The van der Waals surface area contributed by atoms with Crippen molar-refractivity contribution in [3.8, 4) is 0 Å². The van der Waals surface area contributed by atoms with Gasteiger partial charge in [-0.1, -0.05) is 42.5 Å². The van der Waals surface area contributed by atoms with Crippen molar-refractivity contribution in [1.29, 1.82) is 0 Å². The fourth-order valence-electron chi connectivity index (χ4n) is 4.52. The molecule has 0 saturated heterocycles. The first-order valence-electron chi connectivity index (χ1n) is 10.3. The zero-order valence-electron chi connectivity index (χ0n) is 16.7. The van der Waals surface area contributed by atoms with Crippen LogP contribution in [0.25, 0.3) is 11.0 Å². The Hall–Kier alpha value is -3.93. The molecule has 1 unspecified atom stereocenters. The fourth-order valence-corrected chi connectivity index (χ4v) is 4.52. The van der Waals surface area contributed by atoms with Gasteiger partial charge in [0, 0.05) is 25.1 Å². The molecule has 6 nitrogen and oxygen atoms in total. The zero-order valence-corrected chi connectivity index (χ0v) is 16.7. The normalized spacial score (nSPS) is 17.4. The van der Waals surface area contributed by atoms with Crippen LogP contribution in [0.3, 0.4) is 0 Å². The highest BCUT2D eigenvalue weighted by molar-refractivity contribution is 6.07. The third-order valence-corrected chi connectivity index (χ3v) is 6.07. The summed E-state index contributed by atoms with van der Waals surface area (Å²) in [6.45, 7) is 1.30. The minimum absolute atomic E-state index is 0.105. The monoisotopic (exact) mass is 409 g/mol. The number of para-hydroxylation sites is 2. The average molecular weight is 409 g/mol. The van der Waals surface area contributed by atoms with Gasteiger partial charge in [-0.15, -0.1) is 0 Å². The molecule has 6 heteroatoms. The van der Waals surface area contributed by atoms with Crippen molar-refractivity contribution >= 4 is 28.9 Å². The van der Waals surface area contributed by atoms with Gasteiger partial charge < -0.3 is 9.30 Å². The first kappa shape index (κ1) is 17.9. The number of benzene rings is 3. The van der Waals surface area contributed by atoms with E-state index in [0.29, 0.717) is 30.0 Å². The second-order valence-corrected chi connectivity index (χ2v) is 7.89. The number of esters is 1. The molecule has 2 aliphatic heterocycles. The van der Waals surface area contributed by atoms with Crippen molar-refractivity contribution in [2.45, 2.75) is 19.1 Å². The molecule has 0 radical (unpaired) electrons. The lowest BCUT2D eigenvalue weighted by Crippen LogP contribution is -2.30. The summed E-state index contributed by atoms with van der Waals surface area (Å²) in [5.41, 5.74) is 4.79. The van der Waals surface area contributed by atoms with E-state index in [1.807, 2.05) is 60.7 Å². The van der Waals surface area contributed by atoms with E-state index in [4.69, 9.17) is 4.74 Å². The van der Waals surface area contributed by atoms with Crippen LogP contribution < -0.4 is 4.90 Å². The maximum atomic E-state index is 13.4. The number of amides is 1. The molecular formula is C25H19N3O3. The largest absolute Gasteiger partial charge is 0.454 e. The molecule has 6 rings (SSSR count). The Labute approximate surface area is 178 Å². The van der Waals surface area contributed by atoms with Crippen LogP contribution in [0.2, 0.25) is 0 Å². The van der Waals surface area contributed by atoms with Crippen molar-refractivity contribution in [2.75, 3.05) is 11.4 Å². The Bertz CT molecular complexity index is 1340. The lowest BCUT2D eigenvalue weighted by atomic mass is 9.93. The molecule has 0 saturated carbocycles. The number of fused-ring (bicyclic) bond motifs is 4. The summed E-state index contributed by atoms with van der Waals surface area (Å²) in [4.78, 5) is 32.3. The maximum absolute atomic E-state index is 13.4. The SMILES string of the molecule is O=C1OC(c2ccccc2)Cc2cc(C(=O)N3CCn4c3nc3ccccc34)ccc21. The van der Waals surface area contributed by atoms with Crippen LogP contribution in [0.1, 0.15) is 37.9 Å². The molecule has 0 N–H and O–H groups in total. The molecule has 31 heavy (non-hydrogen) atoms. The second kappa shape index (κ2) is 6.80. The maximum Gasteiger partial charge on any atom is 0.339 e. The highest BCUT2D eigenvalue weighted by Gasteiger charge is 2.32. The summed E-state index contributed by atoms with van der Waals surface area (Å²) < 4.78 is 7.71. The van der Waals surface area contributed by atoms with E-state index in [-0.39, 0.29) is 18.0 Å². The lowest BCUT2D eigenvalue weighted by Gasteiger charge is -2.25. The van der Waals surface area contributed by atoms with Crippen molar-refractivity contribution in [2.24, 2.45) is 0 Å². The van der Waals surface area contributed by atoms with Gasteiger partial charge in [0.2, 0.25) is 5.95 Å². The summed E-state index contributed by atoms with van der Waals surface area (Å²) in [6.07, 6.45) is 0.201. The van der Waals surface area contributed by atoms with Gasteiger partial charge in [-0.2, -0.15) is 0 Å². The van der Waals surface area contributed by atoms with Gasteiger partial charge in [0.15, 0.2) is 0 Å². The van der Waals surface area contributed by atoms with Gasteiger partial charge in [0.05, 0.1) is 16.6 Å². The number of nitrogens with zero attached hydrogens (tertiary/aromatic N) is 3. The number of cyclic esters (lactones) is 1. The number of aromatic nitrogens is 2. The third kappa shape index (κ3) is 2.83. The minimum atomic E-state index is -0.350. The Kier molecular flexibility index (Phi) is 3.93. The first-order valence-corrected chi connectivity index (χ1v) is 10.3. The Morgan fingerprint density at radius 3 is 2.65 bits per heavy atom. The standard InChI is InChI=1S/C25H19N3O3/c29-23(28-13-12-27-21-9-5-4-8-20(21)26-25(27)28)17-10-11-19-18(14-17)15-22(31-24(19)30)16-6-2-1-3-7-16/h1-11,14,22H,12-13,15H2. The van der Waals surface area contributed by atoms with Gasteiger partial charge in [-0.05, 0) is 41.5 Å². The van der Waals surface area contributed by atoms with Gasteiger partial charge in [-0.25, -0.2) is 9.78 Å².